The Labute approximate surface area is 183 Å². The van der Waals surface area contributed by atoms with Gasteiger partial charge < -0.3 is 10.1 Å². The van der Waals surface area contributed by atoms with Crippen LogP contribution in [0.1, 0.15) is 27.3 Å². The summed E-state index contributed by atoms with van der Waals surface area (Å²) in [6.07, 6.45) is 0. The maximum atomic E-state index is 13.2. The predicted molar refractivity (Wildman–Crippen MR) is 121 cm³/mol. The number of carbonyl (C=O) groups is 1. The number of methoxy groups -OCH3 is 1. The third-order valence-electron chi connectivity index (χ3n) is 5.01. The van der Waals surface area contributed by atoms with Crippen LogP contribution in [-0.4, -0.2) is 27.8 Å². The van der Waals surface area contributed by atoms with Crippen LogP contribution in [0, 0.1) is 13.8 Å². The van der Waals surface area contributed by atoms with Crippen molar-refractivity contribution in [3.63, 3.8) is 0 Å². The predicted octanol–water partition coefficient (Wildman–Crippen LogP) is 5.12. The number of fused-ring (bicyclic) bond motifs is 1. The molecule has 1 amide bonds. The summed E-state index contributed by atoms with van der Waals surface area (Å²) >= 11 is 3.45. The van der Waals surface area contributed by atoms with Gasteiger partial charge in [-0.05, 0) is 37.6 Å². The molecule has 2 aromatic heterocycles. The molecule has 0 spiro atoms. The highest BCUT2D eigenvalue weighted by molar-refractivity contribution is 9.10. The summed E-state index contributed by atoms with van der Waals surface area (Å²) in [4.78, 5) is 17.6. The molecule has 0 bridgehead atoms. The molecule has 0 fully saturated rings. The number of anilines is 1. The van der Waals surface area contributed by atoms with Crippen LogP contribution in [0.3, 0.4) is 0 Å². The van der Waals surface area contributed by atoms with E-state index in [1.165, 1.54) is 0 Å². The Morgan fingerprint density at radius 1 is 1.13 bits per heavy atom. The van der Waals surface area contributed by atoms with Gasteiger partial charge in [-0.15, -0.1) is 0 Å². The van der Waals surface area contributed by atoms with E-state index in [0.29, 0.717) is 23.5 Å². The van der Waals surface area contributed by atoms with Gasteiger partial charge in [-0.25, -0.2) is 4.98 Å². The average molecular weight is 465 g/mol. The third-order valence-corrected chi connectivity index (χ3v) is 5.54. The van der Waals surface area contributed by atoms with E-state index in [2.05, 4.69) is 31.3 Å². The number of benzene rings is 2. The third kappa shape index (κ3) is 3.93. The van der Waals surface area contributed by atoms with Crippen LogP contribution >= 0.6 is 15.9 Å². The number of amides is 1. The normalized spacial score (nSPS) is 10.9. The summed E-state index contributed by atoms with van der Waals surface area (Å²) in [5.41, 5.74) is 4.74. The zero-order valence-electron chi connectivity index (χ0n) is 16.9. The van der Waals surface area contributed by atoms with Gasteiger partial charge in [0.25, 0.3) is 5.91 Å². The lowest BCUT2D eigenvalue weighted by atomic mass is 10.1. The molecule has 0 radical (unpaired) electrons. The molecular weight excluding hydrogens is 444 g/mol. The molecule has 7 heteroatoms. The minimum Gasteiger partial charge on any atom is -0.481 e. The van der Waals surface area contributed by atoms with Crippen molar-refractivity contribution >= 4 is 38.4 Å². The Morgan fingerprint density at radius 3 is 2.60 bits per heavy atom. The number of para-hydroxylation sites is 1. The Kier molecular flexibility index (Phi) is 5.55. The summed E-state index contributed by atoms with van der Waals surface area (Å²) < 4.78 is 8.22. The average Bonchev–Trinajstić information content (AvgIpc) is 3.01. The lowest BCUT2D eigenvalue weighted by Crippen LogP contribution is -2.14. The van der Waals surface area contributed by atoms with E-state index in [1.54, 1.807) is 13.2 Å². The first-order valence-corrected chi connectivity index (χ1v) is 10.3. The summed E-state index contributed by atoms with van der Waals surface area (Å²) in [5, 5.41) is 8.44. The van der Waals surface area contributed by atoms with Crippen molar-refractivity contribution in [2.24, 2.45) is 0 Å². The van der Waals surface area contributed by atoms with Crippen molar-refractivity contribution in [3.05, 3.63) is 81.6 Å². The number of halogens is 1. The van der Waals surface area contributed by atoms with Gasteiger partial charge in [0.1, 0.15) is 0 Å². The molecule has 0 aliphatic rings. The molecule has 0 aliphatic heterocycles. The molecule has 0 aliphatic carbocycles. The monoisotopic (exact) mass is 464 g/mol. The summed E-state index contributed by atoms with van der Waals surface area (Å²) in [7, 11) is 1.54. The minimum atomic E-state index is -0.221. The number of hydrogen-bond acceptors (Lipinski definition) is 4. The zero-order valence-corrected chi connectivity index (χ0v) is 18.5. The Bertz CT molecular complexity index is 1230. The largest absolute Gasteiger partial charge is 0.481 e. The maximum Gasteiger partial charge on any atom is 0.256 e. The van der Waals surface area contributed by atoms with E-state index in [9.17, 15) is 4.79 Å². The Balaban J connectivity index is 1.65. The maximum absolute atomic E-state index is 13.2. The highest BCUT2D eigenvalue weighted by atomic mass is 79.9. The topological polar surface area (TPSA) is 69.0 Å². The highest BCUT2D eigenvalue weighted by Gasteiger charge is 2.18. The SMILES string of the molecule is COc1cc(C(=O)Nc2c(C)nn(Cc3ccc(Br)cc3)c2C)c2ccccc2n1. The summed E-state index contributed by atoms with van der Waals surface area (Å²) in [5.74, 6) is 0.180. The van der Waals surface area contributed by atoms with E-state index in [-0.39, 0.29) is 5.91 Å². The Morgan fingerprint density at radius 2 is 1.87 bits per heavy atom. The molecule has 1 N–H and O–H groups in total. The molecule has 4 aromatic rings. The standard InChI is InChI=1S/C23H21BrN4O2/c1-14-22(15(2)28(27-14)13-16-8-10-17(24)11-9-16)26-23(29)19-12-21(30-3)25-20-7-5-4-6-18(19)20/h4-12H,13H2,1-3H3,(H,26,29). The van der Waals surface area contributed by atoms with Crippen molar-refractivity contribution in [2.75, 3.05) is 12.4 Å². The van der Waals surface area contributed by atoms with Gasteiger partial charge in [0.05, 0.1) is 41.8 Å². The van der Waals surface area contributed by atoms with Crippen LogP contribution < -0.4 is 10.1 Å². The smallest absolute Gasteiger partial charge is 0.256 e. The second-order valence-electron chi connectivity index (χ2n) is 7.01. The lowest BCUT2D eigenvalue weighted by Gasteiger charge is -2.10. The highest BCUT2D eigenvalue weighted by Crippen LogP contribution is 2.26. The van der Waals surface area contributed by atoms with Crippen molar-refractivity contribution < 1.29 is 9.53 Å². The number of nitrogens with zero attached hydrogens (tertiary/aromatic N) is 3. The number of rotatable bonds is 5. The number of hydrogen-bond donors (Lipinski definition) is 1. The molecule has 2 aromatic carbocycles. The number of pyridine rings is 1. The van der Waals surface area contributed by atoms with E-state index < -0.39 is 0 Å². The van der Waals surface area contributed by atoms with Crippen LogP contribution in [0.2, 0.25) is 0 Å². The molecule has 0 atom stereocenters. The van der Waals surface area contributed by atoms with Crippen molar-refractivity contribution in [1.29, 1.82) is 0 Å². The van der Waals surface area contributed by atoms with Crippen LogP contribution in [0.5, 0.6) is 5.88 Å². The molecule has 4 rings (SSSR count). The molecule has 2 heterocycles. The van der Waals surface area contributed by atoms with E-state index in [1.807, 2.05) is 67.1 Å². The van der Waals surface area contributed by atoms with E-state index in [0.717, 1.165) is 32.5 Å². The van der Waals surface area contributed by atoms with Crippen LogP contribution in [0.15, 0.2) is 59.1 Å². The first-order chi connectivity index (χ1) is 14.5. The van der Waals surface area contributed by atoms with Gasteiger partial charge in [-0.2, -0.15) is 5.10 Å². The molecule has 0 saturated carbocycles. The fourth-order valence-corrected chi connectivity index (χ4v) is 3.68. The van der Waals surface area contributed by atoms with E-state index >= 15 is 0 Å². The lowest BCUT2D eigenvalue weighted by molar-refractivity contribution is 0.102. The first-order valence-electron chi connectivity index (χ1n) is 9.50. The van der Waals surface area contributed by atoms with Gasteiger partial charge in [-0.1, -0.05) is 46.3 Å². The number of ether oxygens (including phenoxy) is 1. The molecule has 0 saturated heterocycles. The zero-order chi connectivity index (χ0) is 21.3. The minimum absolute atomic E-state index is 0.221. The first kappa shape index (κ1) is 20.1. The van der Waals surface area contributed by atoms with Crippen LogP contribution in [0.4, 0.5) is 5.69 Å². The molecule has 0 unspecified atom stereocenters. The number of aryl methyl sites for hydroxylation is 1. The van der Waals surface area contributed by atoms with Gasteiger partial charge in [0.2, 0.25) is 5.88 Å². The van der Waals surface area contributed by atoms with Crippen molar-refractivity contribution in [2.45, 2.75) is 20.4 Å². The van der Waals surface area contributed by atoms with Gasteiger partial charge >= 0.3 is 0 Å². The number of nitrogens with one attached hydrogen (secondary N) is 1. The van der Waals surface area contributed by atoms with E-state index in [4.69, 9.17) is 4.74 Å². The summed E-state index contributed by atoms with van der Waals surface area (Å²) in [6.45, 7) is 4.48. The Hall–Kier alpha value is -3.19. The van der Waals surface area contributed by atoms with Gasteiger partial charge in [-0.3, -0.25) is 9.48 Å². The molecular formula is C23H21BrN4O2. The fraction of sp³-hybridized carbons (Fsp3) is 0.174. The van der Waals surface area contributed by atoms with Crippen molar-refractivity contribution in [3.8, 4) is 5.88 Å². The fourth-order valence-electron chi connectivity index (χ4n) is 3.42. The second kappa shape index (κ2) is 8.28. The van der Waals surface area contributed by atoms with Gasteiger partial charge in [0.15, 0.2) is 0 Å². The molecule has 30 heavy (non-hydrogen) atoms. The van der Waals surface area contributed by atoms with Crippen LogP contribution in [-0.2, 0) is 6.54 Å². The van der Waals surface area contributed by atoms with Gasteiger partial charge in [0, 0.05) is 15.9 Å². The molecule has 6 nitrogen and oxygen atoms in total. The molecule has 152 valence electrons. The summed E-state index contributed by atoms with van der Waals surface area (Å²) in [6, 6.07) is 17.3. The quantitative estimate of drug-likeness (QED) is 0.444. The van der Waals surface area contributed by atoms with Crippen molar-refractivity contribution in [1.82, 2.24) is 14.8 Å². The van der Waals surface area contributed by atoms with Crippen LogP contribution in [0.25, 0.3) is 10.9 Å². The number of carbonyl (C=O) groups excluding carboxylic acids is 1. The second-order valence-corrected chi connectivity index (χ2v) is 7.93. The number of aromatic nitrogens is 3.